The van der Waals surface area contributed by atoms with Crippen molar-refractivity contribution in [1.82, 2.24) is 0 Å². The average molecular weight is 312 g/mol. The summed E-state index contributed by atoms with van der Waals surface area (Å²) in [6.07, 6.45) is 2.31. The summed E-state index contributed by atoms with van der Waals surface area (Å²) in [6, 6.07) is 3.25. The molecule has 0 unspecified atom stereocenters. The first kappa shape index (κ1) is 17.0. The predicted octanol–water partition coefficient (Wildman–Crippen LogP) is 4.11. The van der Waals surface area contributed by atoms with Crippen molar-refractivity contribution in [2.45, 2.75) is 45.8 Å². The van der Waals surface area contributed by atoms with Crippen molar-refractivity contribution in [3.8, 4) is 0 Å². The molecule has 0 aliphatic carbocycles. The van der Waals surface area contributed by atoms with E-state index in [9.17, 15) is 13.6 Å². The molecule has 0 atom stereocenters. The minimum atomic E-state index is -0.988. The molecule has 5 heteroatoms. The van der Waals surface area contributed by atoms with Crippen LogP contribution in [-0.2, 0) is 9.47 Å². The molecule has 1 aliphatic heterocycles. The number of hydrogen-bond donors (Lipinski definition) is 0. The Morgan fingerprint density at radius 2 is 1.86 bits per heavy atom. The molecule has 3 nitrogen and oxygen atoms in total. The highest BCUT2D eigenvalue weighted by Gasteiger charge is 2.27. The van der Waals surface area contributed by atoms with Gasteiger partial charge in [-0.05, 0) is 37.5 Å². The van der Waals surface area contributed by atoms with Crippen LogP contribution in [0.4, 0.5) is 8.78 Å². The number of benzene rings is 1. The first-order chi connectivity index (χ1) is 10.4. The van der Waals surface area contributed by atoms with Crippen LogP contribution in [0.25, 0.3) is 0 Å². The maximum absolute atomic E-state index is 13.1. The molecule has 0 N–H and O–H groups in total. The molecule has 1 heterocycles. The molecular weight excluding hydrogens is 290 g/mol. The monoisotopic (exact) mass is 312 g/mol. The van der Waals surface area contributed by atoms with Gasteiger partial charge in [0.2, 0.25) is 0 Å². The molecule has 122 valence electrons. The van der Waals surface area contributed by atoms with Gasteiger partial charge in [0.1, 0.15) is 0 Å². The number of hydrogen-bond acceptors (Lipinski definition) is 3. The van der Waals surface area contributed by atoms with Crippen LogP contribution in [0.1, 0.15) is 49.9 Å². The van der Waals surface area contributed by atoms with Gasteiger partial charge in [-0.15, -0.1) is 0 Å². The van der Waals surface area contributed by atoms with Crippen LogP contribution < -0.4 is 0 Å². The summed E-state index contributed by atoms with van der Waals surface area (Å²) in [5.74, 6) is -2.10. The van der Waals surface area contributed by atoms with Crippen molar-refractivity contribution >= 4 is 5.78 Å². The van der Waals surface area contributed by atoms with Crippen molar-refractivity contribution in [2.75, 3.05) is 13.2 Å². The molecule has 1 aromatic rings. The first-order valence-corrected chi connectivity index (χ1v) is 7.59. The van der Waals surface area contributed by atoms with Crippen LogP contribution >= 0.6 is 0 Å². The summed E-state index contributed by atoms with van der Waals surface area (Å²) in [5, 5.41) is 0. The van der Waals surface area contributed by atoms with Gasteiger partial charge in [-0.3, -0.25) is 4.79 Å². The van der Waals surface area contributed by atoms with Crippen molar-refractivity contribution in [1.29, 1.82) is 0 Å². The van der Waals surface area contributed by atoms with Gasteiger partial charge in [0.05, 0.1) is 13.2 Å². The van der Waals surface area contributed by atoms with Crippen molar-refractivity contribution in [2.24, 2.45) is 5.41 Å². The summed E-state index contributed by atoms with van der Waals surface area (Å²) >= 11 is 0. The molecule has 22 heavy (non-hydrogen) atoms. The van der Waals surface area contributed by atoms with Gasteiger partial charge >= 0.3 is 0 Å². The SMILES string of the molecule is CC1(C)COC(CCCCC(=O)c2ccc(F)c(F)c2)OC1. The van der Waals surface area contributed by atoms with E-state index in [4.69, 9.17) is 9.47 Å². The zero-order chi connectivity index (χ0) is 16.2. The molecule has 0 bridgehead atoms. The Morgan fingerprint density at radius 3 is 2.50 bits per heavy atom. The number of carbonyl (C=O) groups excluding carboxylic acids is 1. The van der Waals surface area contributed by atoms with Crippen LogP contribution in [0.15, 0.2) is 18.2 Å². The molecule has 1 aliphatic rings. The molecule has 0 radical (unpaired) electrons. The summed E-state index contributed by atoms with van der Waals surface area (Å²) < 4.78 is 37.1. The molecule has 0 amide bonds. The molecule has 1 saturated heterocycles. The smallest absolute Gasteiger partial charge is 0.162 e. The quantitative estimate of drug-likeness (QED) is 0.586. The topological polar surface area (TPSA) is 35.5 Å². The highest BCUT2D eigenvalue weighted by Crippen LogP contribution is 2.25. The lowest BCUT2D eigenvalue weighted by Crippen LogP contribution is -2.37. The number of ether oxygens (including phenoxy) is 2. The fourth-order valence-corrected chi connectivity index (χ4v) is 2.30. The van der Waals surface area contributed by atoms with Crippen molar-refractivity contribution < 1.29 is 23.0 Å². The number of rotatable bonds is 6. The molecule has 0 spiro atoms. The number of carbonyl (C=O) groups is 1. The second-order valence-electron chi connectivity index (χ2n) is 6.51. The molecule has 0 saturated carbocycles. The largest absolute Gasteiger partial charge is 0.352 e. The van der Waals surface area contributed by atoms with Crippen LogP contribution in [0, 0.1) is 17.0 Å². The molecule has 2 rings (SSSR count). The lowest BCUT2D eigenvalue weighted by atomic mass is 9.95. The Morgan fingerprint density at radius 1 is 1.18 bits per heavy atom. The number of unbranched alkanes of at least 4 members (excludes halogenated alkanes) is 1. The number of ketones is 1. The highest BCUT2D eigenvalue weighted by atomic mass is 19.2. The fourth-order valence-electron chi connectivity index (χ4n) is 2.30. The van der Waals surface area contributed by atoms with E-state index in [-0.39, 0.29) is 23.1 Å². The van der Waals surface area contributed by atoms with E-state index in [1.54, 1.807) is 0 Å². The minimum absolute atomic E-state index is 0.0547. The Balaban J connectivity index is 1.68. The van der Waals surface area contributed by atoms with E-state index in [1.165, 1.54) is 6.07 Å². The Kier molecular flexibility index (Phi) is 5.64. The standard InChI is InChI=1S/C17H22F2O3/c1-17(2)10-21-16(22-11-17)6-4-3-5-15(20)12-7-8-13(18)14(19)9-12/h7-9,16H,3-6,10-11H2,1-2H3. The fraction of sp³-hybridized carbons (Fsp3) is 0.588. The van der Waals surface area contributed by atoms with Crippen molar-refractivity contribution in [3.63, 3.8) is 0 Å². The van der Waals surface area contributed by atoms with Gasteiger partial charge in [-0.1, -0.05) is 13.8 Å². The van der Waals surface area contributed by atoms with E-state index < -0.39 is 11.6 Å². The van der Waals surface area contributed by atoms with E-state index in [0.29, 0.717) is 26.1 Å². The summed E-state index contributed by atoms with van der Waals surface area (Å²) in [4.78, 5) is 11.9. The number of halogens is 2. The van der Waals surface area contributed by atoms with Gasteiger partial charge in [-0.25, -0.2) is 8.78 Å². The van der Waals surface area contributed by atoms with Gasteiger partial charge in [-0.2, -0.15) is 0 Å². The summed E-state index contributed by atoms with van der Waals surface area (Å²) in [7, 11) is 0. The van der Waals surface area contributed by atoms with Gasteiger partial charge in [0.25, 0.3) is 0 Å². The normalized spacial score (nSPS) is 18.4. The first-order valence-electron chi connectivity index (χ1n) is 7.59. The maximum Gasteiger partial charge on any atom is 0.162 e. The van der Waals surface area contributed by atoms with Crippen LogP contribution in [0.3, 0.4) is 0 Å². The number of Topliss-reactive ketones (excluding diaryl/α,β-unsaturated/α-hetero) is 1. The minimum Gasteiger partial charge on any atom is -0.352 e. The Hall–Kier alpha value is -1.33. The zero-order valence-electron chi connectivity index (χ0n) is 13.0. The molecular formula is C17H22F2O3. The van der Waals surface area contributed by atoms with Crippen LogP contribution in [0.5, 0.6) is 0 Å². The molecule has 0 aromatic heterocycles. The summed E-state index contributed by atoms with van der Waals surface area (Å²) in [5.41, 5.74) is 0.268. The molecule has 1 aromatic carbocycles. The lowest BCUT2D eigenvalue weighted by molar-refractivity contribution is -0.224. The lowest BCUT2D eigenvalue weighted by Gasteiger charge is -2.34. The average Bonchev–Trinajstić information content (AvgIpc) is 2.47. The van der Waals surface area contributed by atoms with Gasteiger partial charge in [0.15, 0.2) is 23.7 Å². The Labute approximate surface area is 129 Å². The highest BCUT2D eigenvalue weighted by molar-refractivity contribution is 5.95. The van der Waals surface area contributed by atoms with Gasteiger partial charge < -0.3 is 9.47 Å². The van der Waals surface area contributed by atoms with E-state index in [2.05, 4.69) is 13.8 Å². The Bertz CT molecular complexity index is 519. The third-order valence-corrected chi connectivity index (χ3v) is 3.66. The third kappa shape index (κ3) is 4.85. The second kappa shape index (κ2) is 7.29. The van der Waals surface area contributed by atoms with Crippen molar-refractivity contribution in [3.05, 3.63) is 35.4 Å². The van der Waals surface area contributed by atoms with Crippen LogP contribution in [0.2, 0.25) is 0 Å². The maximum atomic E-state index is 13.1. The predicted molar refractivity (Wildman–Crippen MR) is 78.6 cm³/mol. The van der Waals surface area contributed by atoms with Crippen LogP contribution in [-0.4, -0.2) is 25.3 Å². The van der Waals surface area contributed by atoms with Gasteiger partial charge in [0, 0.05) is 17.4 Å². The zero-order valence-corrected chi connectivity index (χ0v) is 13.0. The van der Waals surface area contributed by atoms with E-state index in [0.717, 1.165) is 25.0 Å². The summed E-state index contributed by atoms with van der Waals surface area (Å²) in [6.45, 7) is 5.52. The third-order valence-electron chi connectivity index (χ3n) is 3.66. The van der Waals surface area contributed by atoms with E-state index >= 15 is 0 Å². The molecule has 1 fully saturated rings. The van der Waals surface area contributed by atoms with E-state index in [1.807, 2.05) is 0 Å². The second-order valence-corrected chi connectivity index (χ2v) is 6.51.